The van der Waals surface area contributed by atoms with Gasteiger partial charge in [-0.25, -0.2) is 0 Å². The van der Waals surface area contributed by atoms with Crippen molar-refractivity contribution in [3.8, 4) is 11.1 Å². The van der Waals surface area contributed by atoms with E-state index in [1.807, 2.05) is 0 Å². The number of hydrogen-bond donors (Lipinski definition) is 0. The molecule has 2 heteroatoms. The summed E-state index contributed by atoms with van der Waals surface area (Å²) < 4.78 is 2.21. The van der Waals surface area contributed by atoms with Crippen LogP contribution in [0.1, 0.15) is 0 Å². The van der Waals surface area contributed by atoms with Crippen LogP contribution in [0.25, 0.3) is 32.7 Å². The predicted molar refractivity (Wildman–Crippen MR) is 102 cm³/mol. The van der Waals surface area contributed by atoms with Gasteiger partial charge in [0.05, 0.1) is 0 Å². The lowest BCUT2D eigenvalue weighted by molar-refractivity contribution is 1.65. The number of hydrogen-bond acceptors (Lipinski definition) is 0. The Morgan fingerprint density at radius 1 is 0.500 bits per heavy atom. The van der Waals surface area contributed by atoms with Crippen LogP contribution in [0, 0.1) is 0 Å². The summed E-state index contributed by atoms with van der Waals surface area (Å²) in [7, 11) is 0. The number of fused-ring (bicyclic) bond motifs is 2. The average Bonchev–Trinajstić information content (AvgIpc) is 2.54. The zero-order valence-corrected chi connectivity index (χ0v) is 14.9. The van der Waals surface area contributed by atoms with E-state index in [2.05, 4.69) is 105 Å². The molecule has 0 aliphatic rings. The average molecular weight is 412 g/mol. The van der Waals surface area contributed by atoms with Crippen molar-refractivity contribution >= 4 is 53.4 Å². The van der Waals surface area contributed by atoms with Crippen molar-refractivity contribution in [2.24, 2.45) is 0 Å². The van der Waals surface area contributed by atoms with Crippen LogP contribution in [-0.2, 0) is 0 Å². The Balaban J connectivity index is 2.11. The van der Waals surface area contributed by atoms with Crippen molar-refractivity contribution in [2.75, 3.05) is 0 Å². The first kappa shape index (κ1) is 14.0. The molecule has 0 amide bonds. The fraction of sp³-hybridized carbons (Fsp3) is 0. The van der Waals surface area contributed by atoms with Crippen LogP contribution in [0.2, 0.25) is 0 Å². The first-order chi connectivity index (χ1) is 10.7. The molecule has 0 fully saturated rings. The third-order valence-corrected chi connectivity index (χ3v) is 4.97. The molecule has 0 aromatic heterocycles. The molecule has 0 aliphatic carbocycles. The topological polar surface area (TPSA) is 0 Å². The SMILES string of the molecule is Brc1ccc2cccc(-c3cccc4ccc(Br)cc34)c2c1. The van der Waals surface area contributed by atoms with Crippen molar-refractivity contribution in [1.82, 2.24) is 0 Å². The van der Waals surface area contributed by atoms with Gasteiger partial charge in [0.15, 0.2) is 0 Å². The van der Waals surface area contributed by atoms with E-state index in [0.29, 0.717) is 0 Å². The minimum absolute atomic E-state index is 1.11. The van der Waals surface area contributed by atoms with Crippen molar-refractivity contribution in [2.45, 2.75) is 0 Å². The highest BCUT2D eigenvalue weighted by molar-refractivity contribution is 9.10. The Morgan fingerprint density at radius 2 is 0.955 bits per heavy atom. The summed E-state index contributed by atoms with van der Waals surface area (Å²) in [4.78, 5) is 0. The molecule has 0 spiro atoms. The van der Waals surface area contributed by atoms with Crippen molar-refractivity contribution in [3.63, 3.8) is 0 Å². The number of rotatable bonds is 1. The van der Waals surface area contributed by atoms with Gasteiger partial charge >= 0.3 is 0 Å². The van der Waals surface area contributed by atoms with Crippen molar-refractivity contribution in [3.05, 3.63) is 81.7 Å². The summed E-state index contributed by atoms with van der Waals surface area (Å²) in [6.45, 7) is 0. The van der Waals surface area contributed by atoms with E-state index < -0.39 is 0 Å². The lowest BCUT2D eigenvalue weighted by atomic mass is 9.94. The van der Waals surface area contributed by atoms with E-state index in [0.717, 1.165) is 8.95 Å². The van der Waals surface area contributed by atoms with Gasteiger partial charge in [0.1, 0.15) is 0 Å². The highest BCUT2D eigenvalue weighted by Crippen LogP contribution is 2.35. The van der Waals surface area contributed by atoms with Crippen LogP contribution in [0.4, 0.5) is 0 Å². The Hall–Kier alpha value is -1.64. The van der Waals surface area contributed by atoms with Crippen molar-refractivity contribution < 1.29 is 0 Å². The van der Waals surface area contributed by atoms with E-state index in [4.69, 9.17) is 0 Å². The zero-order valence-electron chi connectivity index (χ0n) is 11.7. The van der Waals surface area contributed by atoms with Crippen LogP contribution >= 0.6 is 31.9 Å². The largest absolute Gasteiger partial charge is 0.0610 e. The summed E-state index contributed by atoms with van der Waals surface area (Å²) in [5, 5.41) is 5.05. The van der Waals surface area contributed by atoms with Crippen LogP contribution in [0.5, 0.6) is 0 Å². The summed E-state index contributed by atoms with van der Waals surface area (Å²) in [6, 6.07) is 25.9. The molecule has 0 unspecified atom stereocenters. The van der Waals surface area contributed by atoms with Crippen LogP contribution in [-0.4, -0.2) is 0 Å². The van der Waals surface area contributed by atoms with Gasteiger partial charge < -0.3 is 0 Å². The number of benzene rings is 4. The predicted octanol–water partition coefficient (Wildman–Crippen LogP) is 7.19. The monoisotopic (exact) mass is 410 g/mol. The standard InChI is InChI=1S/C20H12Br2/c21-15-9-7-13-3-1-5-17(19(13)11-15)18-6-2-4-14-8-10-16(22)12-20(14)18/h1-12H. The molecule has 0 nitrogen and oxygen atoms in total. The van der Waals surface area contributed by atoms with Gasteiger partial charge in [0.2, 0.25) is 0 Å². The first-order valence-electron chi connectivity index (χ1n) is 7.09. The van der Waals surface area contributed by atoms with Crippen LogP contribution in [0.15, 0.2) is 81.7 Å². The van der Waals surface area contributed by atoms with Gasteiger partial charge in [-0.2, -0.15) is 0 Å². The first-order valence-corrected chi connectivity index (χ1v) is 8.68. The highest BCUT2D eigenvalue weighted by atomic mass is 79.9. The molecular formula is C20H12Br2. The maximum Gasteiger partial charge on any atom is 0.0181 e. The molecule has 0 bridgehead atoms. The van der Waals surface area contributed by atoms with Crippen LogP contribution in [0.3, 0.4) is 0 Å². The number of halogens is 2. The molecular weight excluding hydrogens is 400 g/mol. The molecule has 0 saturated carbocycles. The normalized spacial score (nSPS) is 11.2. The second-order valence-corrected chi connectivity index (χ2v) is 7.17. The molecule has 4 aromatic rings. The molecule has 0 aliphatic heterocycles. The second kappa shape index (κ2) is 5.53. The highest BCUT2D eigenvalue weighted by Gasteiger charge is 2.08. The summed E-state index contributed by atoms with van der Waals surface area (Å²) in [5.41, 5.74) is 2.53. The summed E-state index contributed by atoms with van der Waals surface area (Å²) in [5.74, 6) is 0. The lowest BCUT2D eigenvalue weighted by Gasteiger charge is -2.11. The molecule has 0 N–H and O–H groups in total. The second-order valence-electron chi connectivity index (χ2n) is 5.34. The Bertz CT molecular complexity index is 920. The molecule has 0 heterocycles. The fourth-order valence-corrected chi connectivity index (χ4v) is 3.68. The zero-order chi connectivity index (χ0) is 15.1. The van der Waals surface area contributed by atoms with E-state index in [-0.39, 0.29) is 0 Å². The summed E-state index contributed by atoms with van der Waals surface area (Å²) in [6.07, 6.45) is 0. The Kier molecular flexibility index (Phi) is 3.51. The molecule has 22 heavy (non-hydrogen) atoms. The van der Waals surface area contributed by atoms with E-state index in [9.17, 15) is 0 Å². The Labute approximate surface area is 146 Å². The maximum absolute atomic E-state index is 3.59. The quantitative estimate of drug-likeness (QED) is 0.311. The Morgan fingerprint density at radius 3 is 1.41 bits per heavy atom. The molecule has 4 rings (SSSR count). The smallest absolute Gasteiger partial charge is 0.0181 e. The van der Waals surface area contributed by atoms with Gasteiger partial charge in [-0.15, -0.1) is 0 Å². The third kappa shape index (κ3) is 2.37. The fourth-order valence-electron chi connectivity index (χ4n) is 2.96. The van der Waals surface area contributed by atoms with Gasteiger partial charge in [-0.05, 0) is 56.9 Å². The van der Waals surface area contributed by atoms with E-state index in [1.54, 1.807) is 0 Å². The van der Waals surface area contributed by atoms with Crippen LogP contribution < -0.4 is 0 Å². The molecule has 0 radical (unpaired) electrons. The molecule has 106 valence electrons. The minimum atomic E-state index is 1.11. The van der Waals surface area contributed by atoms with Gasteiger partial charge in [-0.1, -0.05) is 80.4 Å². The van der Waals surface area contributed by atoms with Gasteiger partial charge in [0.25, 0.3) is 0 Å². The van der Waals surface area contributed by atoms with E-state index in [1.165, 1.54) is 32.7 Å². The van der Waals surface area contributed by atoms with Crippen molar-refractivity contribution in [1.29, 1.82) is 0 Å². The van der Waals surface area contributed by atoms with Gasteiger partial charge in [0, 0.05) is 8.95 Å². The molecule has 0 saturated heterocycles. The minimum Gasteiger partial charge on any atom is -0.0610 e. The molecule has 4 aromatic carbocycles. The lowest BCUT2D eigenvalue weighted by Crippen LogP contribution is -1.84. The molecule has 0 atom stereocenters. The maximum atomic E-state index is 3.59. The van der Waals surface area contributed by atoms with Gasteiger partial charge in [-0.3, -0.25) is 0 Å². The third-order valence-electron chi connectivity index (χ3n) is 3.98. The van der Waals surface area contributed by atoms with E-state index >= 15 is 0 Å². The summed E-state index contributed by atoms with van der Waals surface area (Å²) >= 11 is 7.19.